The minimum absolute atomic E-state index is 0.0164. The van der Waals surface area contributed by atoms with Crippen LogP contribution in [-0.2, 0) is 24.6 Å². The summed E-state index contributed by atoms with van der Waals surface area (Å²) in [4.78, 5) is 14.7. The molecule has 1 aliphatic rings. The summed E-state index contributed by atoms with van der Waals surface area (Å²) in [6.45, 7) is 2.36. The maximum absolute atomic E-state index is 13.5. The number of benzene rings is 2. The number of amides is 1. The average molecular weight is 514 g/mol. The summed E-state index contributed by atoms with van der Waals surface area (Å²) in [5.74, 6) is -0.383. The molecule has 0 bridgehead atoms. The predicted molar refractivity (Wildman–Crippen MR) is 118 cm³/mol. The van der Waals surface area contributed by atoms with Gasteiger partial charge in [-0.1, -0.05) is 40.2 Å². The number of carbonyl (C=O) groups is 1. The van der Waals surface area contributed by atoms with Gasteiger partial charge in [-0.15, -0.1) is 0 Å². The summed E-state index contributed by atoms with van der Waals surface area (Å²) in [5, 5.41) is 0. The first-order valence-electron chi connectivity index (χ1n) is 9.95. The number of nitrogens with zero attached hydrogens (tertiary/aromatic N) is 1. The van der Waals surface area contributed by atoms with Crippen LogP contribution < -0.4 is 0 Å². The smallest absolute Gasteiger partial charge is 0.411 e. The molecule has 0 saturated carbocycles. The van der Waals surface area contributed by atoms with Crippen molar-refractivity contribution in [2.75, 3.05) is 19.4 Å². The Morgan fingerprint density at radius 3 is 2.58 bits per heavy atom. The van der Waals surface area contributed by atoms with Gasteiger partial charge in [0.2, 0.25) is 0 Å². The Labute approximate surface area is 190 Å². The number of carbonyl (C=O) groups excluding carboxylic acids is 1. The number of hydrogen-bond donors (Lipinski definition) is 0. The van der Waals surface area contributed by atoms with Crippen LogP contribution in [0, 0.1) is 5.82 Å². The lowest BCUT2D eigenvalue weighted by atomic mass is 9.84. The fourth-order valence-electron chi connectivity index (χ4n) is 3.81. The zero-order valence-electron chi connectivity index (χ0n) is 17.4. The van der Waals surface area contributed by atoms with Gasteiger partial charge < -0.3 is 9.64 Å². The van der Waals surface area contributed by atoms with Crippen LogP contribution in [0.1, 0.15) is 43.4 Å². The van der Waals surface area contributed by atoms with Crippen LogP contribution in [0.2, 0.25) is 0 Å². The van der Waals surface area contributed by atoms with Gasteiger partial charge in [-0.05, 0) is 55.2 Å². The first-order chi connectivity index (χ1) is 14.6. The Bertz CT molecular complexity index is 1030. The van der Waals surface area contributed by atoms with Gasteiger partial charge in [0, 0.05) is 17.4 Å². The molecule has 2 aromatic rings. The van der Waals surface area contributed by atoms with E-state index in [-0.39, 0.29) is 18.5 Å². The summed E-state index contributed by atoms with van der Waals surface area (Å²) in [6.07, 6.45) is 1.73. The first-order valence-corrected chi connectivity index (χ1v) is 12.6. The van der Waals surface area contributed by atoms with Crippen molar-refractivity contribution in [1.29, 1.82) is 0 Å². The van der Waals surface area contributed by atoms with Gasteiger partial charge in [0.25, 0.3) is 10.1 Å². The normalized spacial score (nSPS) is 20.4. The molecule has 1 fully saturated rings. The summed E-state index contributed by atoms with van der Waals surface area (Å²) >= 11 is 3.45. The van der Waals surface area contributed by atoms with E-state index in [4.69, 9.17) is 8.92 Å². The molecule has 0 spiro atoms. The van der Waals surface area contributed by atoms with E-state index in [2.05, 4.69) is 15.9 Å². The van der Waals surface area contributed by atoms with Crippen LogP contribution in [0.5, 0.6) is 0 Å². The van der Waals surface area contributed by atoms with Crippen LogP contribution >= 0.6 is 15.9 Å². The van der Waals surface area contributed by atoms with Gasteiger partial charge >= 0.3 is 6.09 Å². The van der Waals surface area contributed by atoms with E-state index in [1.54, 1.807) is 17.0 Å². The lowest BCUT2D eigenvalue weighted by molar-refractivity contribution is -0.0676. The molecule has 1 heterocycles. The topological polar surface area (TPSA) is 72.9 Å². The van der Waals surface area contributed by atoms with E-state index in [1.165, 1.54) is 12.1 Å². The fourth-order valence-corrected chi connectivity index (χ4v) is 4.65. The molecule has 1 amide bonds. The summed E-state index contributed by atoms with van der Waals surface area (Å²) in [6, 6.07) is 13.4. The molecule has 1 aliphatic heterocycles. The zero-order valence-corrected chi connectivity index (χ0v) is 19.8. The van der Waals surface area contributed by atoms with E-state index in [0.29, 0.717) is 31.4 Å². The van der Waals surface area contributed by atoms with E-state index in [0.717, 1.165) is 16.3 Å². The summed E-state index contributed by atoms with van der Waals surface area (Å²) in [5.41, 5.74) is 0.678. The SMILES string of the molecule is C[C@@H](c1cccc(Br)c1)N1CC[C@@](CCCOS(C)(=O)=O)(c2ccc(F)cc2)OC1=O. The quantitative estimate of drug-likeness (QED) is 0.360. The zero-order chi connectivity index (χ0) is 22.6. The average Bonchev–Trinajstić information content (AvgIpc) is 2.71. The Morgan fingerprint density at radius 1 is 1.26 bits per heavy atom. The summed E-state index contributed by atoms with van der Waals surface area (Å²) in [7, 11) is -3.55. The van der Waals surface area contributed by atoms with E-state index in [9.17, 15) is 17.6 Å². The van der Waals surface area contributed by atoms with Gasteiger partial charge in [-0.3, -0.25) is 4.18 Å². The molecular formula is C22H25BrFNO5S. The van der Waals surface area contributed by atoms with E-state index >= 15 is 0 Å². The molecule has 0 aliphatic carbocycles. The van der Waals surface area contributed by atoms with Crippen molar-refractivity contribution in [3.8, 4) is 0 Å². The third-order valence-corrected chi connectivity index (χ3v) is 6.55. The van der Waals surface area contributed by atoms with Crippen LogP contribution in [-0.4, -0.2) is 38.8 Å². The molecule has 0 aromatic heterocycles. The monoisotopic (exact) mass is 513 g/mol. The van der Waals surface area contributed by atoms with Gasteiger partial charge in [-0.2, -0.15) is 8.42 Å². The van der Waals surface area contributed by atoms with Crippen molar-refractivity contribution in [3.05, 3.63) is 69.9 Å². The van der Waals surface area contributed by atoms with Crippen LogP contribution in [0.25, 0.3) is 0 Å². The van der Waals surface area contributed by atoms with Crippen LogP contribution in [0.15, 0.2) is 53.0 Å². The van der Waals surface area contributed by atoms with Gasteiger partial charge in [0.15, 0.2) is 0 Å². The highest BCUT2D eigenvalue weighted by molar-refractivity contribution is 9.10. The van der Waals surface area contributed by atoms with Gasteiger partial charge in [0.05, 0.1) is 18.9 Å². The second-order valence-corrected chi connectivity index (χ2v) is 10.2. The standard InChI is InChI=1S/C22H25BrFNO5S/c1-16(17-5-3-6-19(23)15-17)25-13-12-22(30-21(25)26,11-4-14-29-31(2,27)28)18-7-9-20(24)10-8-18/h3,5-10,15-16H,4,11-14H2,1-2H3/t16-,22-/m0/s1. The van der Waals surface area contributed by atoms with E-state index < -0.39 is 21.8 Å². The highest BCUT2D eigenvalue weighted by Crippen LogP contribution is 2.40. The minimum Gasteiger partial charge on any atom is -0.438 e. The molecule has 0 N–H and O–H groups in total. The molecule has 0 radical (unpaired) electrons. The van der Waals surface area contributed by atoms with Crippen molar-refractivity contribution >= 4 is 32.1 Å². The lowest BCUT2D eigenvalue weighted by Gasteiger charge is -2.43. The third-order valence-electron chi connectivity index (χ3n) is 5.47. The van der Waals surface area contributed by atoms with Crippen LogP contribution in [0.4, 0.5) is 9.18 Å². The maximum atomic E-state index is 13.5. The first kappa shape index (κ1) is 23.7. The number of hydrogen-bond acceptors (Lipinski definition) is 5. The lowest BCUT2D eigenvalue weighted by Crippen LogP contribution is -2.48. The molecule has 3 rings (SSSR count). The van der Waals surface area contributed by atoms with E-state index in [1.807, 2.05) is 31.2 Å². The van der Waals surface area contributed by atoms with Gasteiger partial charge in [-0.25, -0.2) is 9.18 Å². The maximum Gasteiger partial charge on any atom is 0.411 e. The molecule has 2 aromatic carbocycles. The van der Waals surface area contributed by atoms with Crippen molar-refractivity contribution in [3.63, 3.8) is 0 Å². The molecule has 6 nitrogen and oxygen atoms in total. The number of ether oxygens (including phenoxy) is 1. The molecule has 31 heavy (non-hydrogen) atoms. The highest BCUT2D eigenvalue weighted by atomic mass is 79.9. The number of halogens is 2. The fraction of sp³-hybridized carbons (Fsp3) is 0.409. The third kappa shape index (κ3) is 6.05. The van der Waals surface area contributed by atoms with Crippen LogP contribution in [0.3, 0.4) is 0 Å². The Kier molecular flexibility index (Phi) is 7.39. The van der Waals surface area contributed by atoms with Crippen molar-refractivity contribution in [1.82, 2.24) is 4.90 Å². The molecular weight excluding hydrogens is 489 g/mol. The van der Waals surface area contributed by atoms with Crippen molar-refractivity contribution in [2.24, 2.45) is 0 Å². The number of cyclic esters (lactones) is 1. The summed E-state index contributed by atoms with van der Waals surface area (Å²) < 4.78 is 47.7. The van der Waals surface area contributed by atoms with Gasteiger partial charge in [0.1, 0.15) is 11.4 Å². The molecule has 168 valence electrons. The second-order valence-electron chi connectivity index (χ2n) is 7.67. The minimum atomic E-state index is -3.55. The number of rotatable bonds is 8. The molecule has 9 heteroatoms. The van der Waals surface area contributed by atoms with Crippen molar-refractivity contribution in [2.45, 2.75) is 37.8 Å². The predicted octanol–water partition coefficient (Wildman–Crippen LogP) is 5.14. The molecule has 0 unspecified atom stereocenters. The molecule has 1 saturated heterocycles. The Balaban J connectivity index is 1.79. The molecule has 2 atom stereocenters. The second kappa shape index (κ2) is 9.67. The van der Waals surface area contributed by atoms with Crippen molar-refractivity contribution < 1.29 is 26.5 Å². The highest BCUT2D eigenvalue weighted by Gasteiger charge is 2.43. The Morgan fingerprint density at radius 2 is 1.97 bits per heavy atom. The Hall–Kier alpha value is -1.97. The largest absolute Gasteiger partial charge is 0.438 e.